The van der Waals surface area contributed by atoms with Crippen molar-refractivity contribution in [2.24, 2.45) is 17.6 Å². The van der Waals surface area contributed by atoms with Gasteiger partial charge in [0.1, 0.15) is 0 Å². The fourth-order valence-electron chi connectivity index (χ4n) is 2.50. The predicted molar refractivity (Wildman–Crippen MR) is 74.0 cm³/mol. The van der Waals surface area contributed by atoms with Gasteiger partial charge in [-0.1, -0.05) is 45.0 Å². The normalized spacial score (nSPS) is 20.9. The number of nitrogens with two attached hydrogens (primary N) is 1. The molecule has 0 spiro atoms. The molecule has 1 fully saturated rings. The summed E-state index contributed by atoms with van der Waals surface area (Å²) >= 11 is 0. The molecule has 1 aromatic carbocycles. The molecule has 1 aromatic rings. The lowest BCUT2D eigenvalue weighted by atomic mass is 9.89. The van der Waals surface area contributed by atoms with Crippen LogP contribution < -0.4 is 5.73 Å². The average molecular weight is 231 g/mol. The average Bonchev–Trinajstić information content (AvgIpc) is 3.20. The van der Waals surface area contributed by atoms with Crippen molar-refractivity contribution in [1.82, 2.24) is 0 Å². The van der Waals surface area contributed by atoms with Gasteiger partial charge in [-0.25, -0.2) is 0 Å². The van der Waals surface area contributed by atoms with Crippen molar-refractivity contribution in [1.29, 1.82) is 0 Å². The molecule has 0 aromatic heterocycles. The van der Waals surface area contributed by atoms with Gasteiger partial charge in [0, 0.05) is 6.04 Å². The van der Waals surface area contributed by atoms with Crippen LogP contribution in [0.3, 0.4) is 0 Å². The summed E-state index contributed by atoms with van der Waals surface area (Å²) in [5.74, 6) is 2.16. The number of benzene rings is 1. The van der Waals surface area contributed by atoms with E-state index in [1.165, 1.54) is 30.4 Å². The van der Waals surface area contributed by atoms with E-state index in [0.29, 0.717) is 11.8 Å². The van der Waals surface area contributed by atoms with Crippen LogP contribution in [0.15, 0.2) is 24.3 Å². The molecule has 2 N–H and O–H groups in total. The van der Waals surface area contributed by atoms with E-state index >= 15 is 0 Å². The lowest BCUT2D eigenvalue weighted by molar-refractivity contribution is 0.417. The van der Waals surface area contributed by atoms with Crippen LogP contribution in [0.1, 0.15) is 63.1 Å². The van der Waals surface area contributed by atoms with Crippen LogP contribution in [0.4, 0.5) is 0 Å². The monoisotopic (exact) mass is 231 g/mol. The minimum atomic E-state index is 0.216. The first-order valence-electron chi connectivity index (χ1n) is 6.99. The molecule has 94 valence electrons. The molecule has 2 rings (SSSR count). The van der Waals surface area contributed by atoms with Gasteiger partial charge in [-0.3, -0.25) is 0 Å². The molecular weight excluding hydrogens is 206 g/mol. The van der Waals surface area contributed by atoms with Crippen molar-refractivity contribution in [3.05, 3.63) is 35.4 Å². The SMILES string of the molecule is CCC(C)c1ccc(C(N)C(C)C2CC2)cc1. The molecule has 17 heavy (non-hydrogen) atoms. The van der Waals surface area contributed by atoms with Crippen LogP contribution in [0.25, 0.3) is 0 Å². The minimum absolute atomic E-state index is 0.216. The van der Waals surface area contributed by atoms with Crippen molar-refractivity contribution >= 4 is 0 Å². The third kappa shape index (κ3) is 2.90. The molecule has 0 aliphatic heterocycles. The third-order valence-corrected chi connectivity index (χ3v) is 4.43. The first kappa shape index (κ1) is 12.6. The fraction of sp³-hybridized carbons (Fsp3) is 0.625. The zero-order valence-corrected chi connectivity index (χ0v) is 11.3. The highest BCUT2D eigenvalue weighted by atomic mass is 14.7. The quantitative estimate of drug-likeness (QED) is 0.805. The minimum Gasteiger partial charge on any atom is -0.324 e. The van der Waals surface area contributed by atoms with Gasteiger partial charge in [-0.15, -0.1) is 0 Å². The van der Waals surface area contributed by atoms with E-state index in [4.69, 9.17) is 5.73 Å². The van der Waals surface area contributed by atoms with Crippen LogP contribution in [0.2, 0.25) is 0 Å². The molecule has 1 saturated carbocycles. The Morgan fingerprint density at radius 2 is 1.65 bits per heavy atom. The van der Waals surface area contributed by atoms with Gasteiger partial charge in [0.2, 0.25) is 0 Å². The van der Waals surface area contributed by atoms with E-state index in [0.717, 1.165) is 5.92 Å². The number of rotatable bonds is 5. The van der Waals surface area contributed by atoms with E-state index in [2.05, 4.69) is 45.0 Å². The second-order valence-electron chi connectivity index (χ2n) is 5.70. The smallest absolute Gasteiger partial charge is 0.0323 e. The van der Waals surface area contributed by atoms with Gasteiger partial charge in [-0.05, 0) is 48.1 Å². The molecule has 3 unspecified atom stereocenters. The van der Waals surface area contributed by atoms with Crippen LogP contribution in [-0.2, 0) is 0 Å². The molecule has 3 atom stereocenters. The summed E-state index contributed by atoms with van der Waals surface area (Å²) in [7, 11) is 0. The van der Waals surface area contributed by atoms with Crippen molar-refractivity contribution in [2.45, 2.75) is 52.0 Å². The Kier molecular flexibility index (Phi) is 3.88. The summed E-state index contributed by atoms with van der Waals surface area (Å²) in [5.41, 5.74) is 9.07. The van der Waals surface area contributed by atoms with Gasteiger partial charge in [-0.2, -0.15) is 0 Å². The molecule has 1 heteroatoms. The molecule has 1 aliphatic rings. The zero-order valence-electron chi connectivity index (χ0n) is 11.3. The molecule has 0 amide bonds. The van der Waals surface area contributed by atoms with Gasteiger partial charge < -0.3 is 5.73 Å². The predicted octanol–water partition coefficient (Wildman–Crippen LogP) is 4.25. The third-order valence-electron chi connectivity index (χ3n) is 4.43. The van der Waals surface area contributed by atoms with E-state index in [1.54, 1.807) is 0 Å². The van der Waals surface area contributed by atoms with Gasteiger partial charge in [0.05, 0.1) is 0 Å². The first-order valence-corrected chi connectivity index (χ1v) is 6.99. The Hall–Kier alpha value is -0.820. The molecule has 0 saturated heterocycles. The molecule has 0 bridgehead atoms. The van der Waals surface area contributed by atoms with E-state index < -0.39 is 0 Å². The van der Waals surface area contributed by atoms with E-state index in [-0.39, 0.29) is 6.04 Å². The summed E-state index contributed by atoms with van der Waals surface area (Å²) in [5, 5.41) is 0. The topological polar surface area (TPSA) is 26.0 Å². The second-order valence-corrected chi connectivity index (χ2v) is 5.70. The van der Waals surface area contributed by atoms with Gasteiger partial charge >= 0.3 is 0 Å². The van der Waals surface area contributed by atoms with Crippen molar-refractivity contribution in [3.63, 3.8) is 0 Å². The van der Waals surface area contributed by atoms with Crippen LogP contribution in [0, 0.1) is 11.8 Å². The summed E-state index contributed by atoms with van der Waals surface area (Å²) in [6, 6.07) is 9.18. The molecule has 1 nitrogen and oxygen atoms in total. The maximum absolute atomic E-state index is 6.34. The Bertz CT molecular complexity index is 350. The summed E-state index contributed by atoms with van der Waals surface area (Å²) in [4.78, 5) is 0. The highest BCUT2D eigenvalue weighted by Gasteiger charge is 2.32. The summed E-state index contributed by atoms with van der Waals surface area (Å²) < 4.78 is 0. The standard InChI is InChI=1S/C16H25N/c1-4-11(2)13-5-9-15(10-6-13)16(17)12(3)14-7-8-14/h5-6,9-12,14,16H,4,7-8,17H2,1-3H3. The zero-order chi connectivity index (χ0) is 12.4. The second kappa shape index (κ2) is 5.22. The largest absolute Gasteiger partial charge is 0.324 e. The summed E-state index contributed by atoms with van der Waals surface area (Å²) in [6.07, 6.45) is 3.95. The summed E-state index contributed by atoms with van der Waals surface area (Å²) in [6.45, 7) is 6.81. The van der Waals surface area contributed by atoms with Crippen LogP contribution in [-0.4, -0.2) is 0 Å². The van der Waals surface area contributed by atoms with Gasteiger partial charge in [0.15, 0.2) is 0 Å². The maximum Gasteiger partial charge on any atom is 0.0323 e. The van der Waals surface area contributed by atoms with E-state index in [9.17, 15) is 0 Å². The fourth-order valence-corrected chi connectivity index (χ4v) is 2.50. The molecular formula is C16H25N. The Balaban J connectivity index is 2.06. The lowest BCUT2D eigenvalue weighted by Gasteiger charge is -2.20. The van der Waals surface area contributed by atoms with Crippen molar-refractivity contribution < 1.29 is 0 Å². The number of hydrogen-bond donors (Lipinski definition) is 1. The van der Waals surface area contributed by atoms with E-state index in [1.807, 2.05) is 0 Å². The molecule has 0 radical (unpaired) electrons. The number of hydrogen-bond acceptors (Lipinski definition) is 1. The van der Waals surface area contributed by atoms with Crippen LogP contribution >= 0.6 is 0 Å². The Morgan fingerprint density at radius 1 is 1.12 bits per heavy atom. The lowest BCUT2D eigenvalue weighted by Crippen LogP contribution is -2.20. The van der Waals surface area contributed by atoms with Crippen molar-refractivity contribution in [3.8, 4) is 0 Å². The van der Waals surface area contributed by atoms with Crippen LogP contribution in [0.5, 0.6) is 0 Å². The van der Waals surface area contributed by atoms with Gasteiger partial charge in [0.25, 0.3) is 0 Å². The highest BCUT2D eigenvalue weighted by molar-refractivity contribution is 5.27. The molecule has 0 heterocycles. The van der Waals surface area contributed by atoms with Crippen molar-refractivity contribution in [2.75, 3.05) is 0 Å². The Labute approximate surface area is 105 Å². The highest BCUT2D eigenvalue weighted by Crippen LogP contribution is 2.41. The molecule has 1 aliphatic carbocycles. The first-order chi connectivity index (χ1) is 8.13. The Morgan fingerprint density at radius 3 is 2.12 bits per heavy atom. The maximum atomic E-state index is 6.34.